The first-order chi connectivity index (χ1) is 11.9. The number of carbonyl (C=O) groups is 2. The summed E-state index contributed by atoms with van der Waals surface area (Å²) in [7, 11) is 1.65. The van der Waals surface area contributed by atoms with Gasteiger partial charge in [0.1, 0.15) is 0 Å². The lowest BCUT2D eigenvalue weighted by atomic mass is 10.2. The Hall–Kier alpha value is -1.79. The third kappa shape index (κ3) is 5.90. The summed E-state index contributed by atoms with van der Waals surface area (Å²) in [5, 5.41) is 2.85. The zero-order valence-electron chi connectivity index (χ0n) is 14.5. The lowest BCUT2D eigenvalue weighted by Crippen LogP contribution is -2.36. The Bertz CT molecular complexity index is 780. The van der Waals surface area contributed by atoms with Gasteiger partial charge in [-0.1, -0.05) is 34.1 Å². The minimum Gasteiger partial charge on any atom is -0.336 e. The number of amides is 2. The van der Waals surface area contributed by atoms with Gasteiger partial charge in [-0.25, -0.2) is 0 Å². The van der Waals surface area contributed by atoms with Crippen LogP contribution in [0.1, 0.15) is 11.1 Å². The van der Waals surface area contributed by atoms with Crippen LogP contribution in [0, 0.1) is 13.8 Å². The number of anilines is 1. The Morgan fingerprint density at radius 3 is 2.52 bits per heavy atom. The van der Waals surface area contributed by atoms with E-state index in [1.54, 1.807) is 7.05 Å². The normalized spacial score (nSPS) is 10.4. The van der Waals surface area contributed by atoms with Crippen molar-refractivity contribution in [3.05, 3.63) is 58.1 Å². The van der Waals surface area contributed by atoms with Gasteiger partial charge in [-0.2, -0.15) is 0 Å². The highest BCUT2D eigenvalue weighted by Gasteiger charge is 2.14. The third-order valence-electron chi connectivity index (χ3n) is 3.71. The number of carbonyl (C=O) groups excluding carboxylic acids is 2. The number of hydrogen-bond donors (Lipinski definition) is 1. The zero-order valence-corrected chi connectivity index (χ0v) is 16.9. The van der Waals surface area contributed by atoms with Crippen LogP contribution >= 0.6 is 27.7 Å². The van der Waals surface area contributed by atoms with Gasteiger partial charge in [0, 0.05) is 22.1 Å². The second-order valence-electron chi connectivity index (χ2n) is 5.81. The van der Waals surface area contributed by atoms with Gasteiger partial charge in [0.15, 0.2) is 0 Å². The molecule has 0 aliphatic rings. The summed E-state index contributed by atoms with van der Waals surface area (Å²) in [5.41, 5.74) is 2.86. The topological polar surface area (TPSA) is 49.4 Å². The maximum Gasteiger partial charge on any atom is 0.243 e. The van der Waals surface area contributed by atoms with E-state index in [4.69, 9.17) is 0 Å². The molecule has 0 bridgehead atoms. The van der Waals surface area contributed by atoms with E-state index in [1.807, 2.05) is 56.3 Å². The summed E-state index contributed by atoms with van der Waals surface area (Å²) in [5.74, 6) is 0.0319. The van der Waals surface area contributed by atoms with Gasteiger partial charge in [0.25, 0.3) is 0 Å². The molecular formula is C19H21BrN2O2S. The molecule has 0 aliphatic carbocycles. The monoisotopic (exact) mass is 420 g/mol. The second-order valence-corrected chi connectivity index (χ2v) is 7.74. The number of halogens is 1. The maximum absolute atomic E-state index is 12.2. The standard InChI is InChI=1S/C19H21BrN2O2S/c1-13-6-4-5-7-17(13)25-12-19(24)22(3)11-18(23)21-16-9-8-15(20)10-14(16)2/h4-10H,11-12H2,1-3H3,(H,21,23). The van der Waals surface area contributed by atoms with Crippen molar-refractivity contribution in [1.82, 2.24) is 4.90 Å². The van der Waals surface area contributed by atoms with Gasteiger partial charge in [-0.05, 0) is 49.2 Å². The molecular weight excluding hydrogens is 400 g/mol. The summed E-state index contributed by atoms with van der Waals surface area (Å²) in [6.07, 6.45) is 0. The van der Waals surface area contributed by atoms with Crippen molar-refractivity contribution in [3.63, 3.8) is 0 Å². The molecule has 0 unspecified atom stereocenters. The largest absolute Gasteiger partial charge is 0.336 e. The molecule has 2 amide bonds. The predicted octanol–water partition coefficient (Wildman–Crippen LogP) is 4.26. The van der Waals surface area contributed by atoms with Crippen LogP contribution in [-0.4, -0.2) is 36.1 Å². The number of thioether (sulfide) groups is 1. The summed E-state index contributed by atoms with van der Waals surface area (Å²) in [6.45, 7) is 3.97. The van der Waals surface area contributed by atoms with Gasteiger partial charge in [-0.15, -0.1) is 11.8 Å². The number of rotatable bonds is 6. The first-order valence-corrected chi connectivity index (χ1v) is 9.63. The Morgan fingerprint density at radius 1 is 1.12 bits per heavy atom. The van der Waals surface area contributed by atoms with Crippen LogP contribution in [0.25, 0.3) is 0 Å². The van der Waals surface area contributed by atoms with Gasteiger partial charge in [0.2, 0.25) is 11.8 Å². The SMILES string of the molecule is Cc1cc(Br)ccc1NC(=O)CN(C)C(=O)CSc1ccccc1C. The van der Waals surface area contributed by atoms with Crippen molar-refractivity contribution in [3.8, 4) is 0 Å². The lowest BCUT2D eigenvalue weighted by Gasteiger charge is -2.17. The zero-order chi connectivity index (χ0) is 18.4. The molecule has 25 heavy (non-hydrogen) atoms. The van der Waals surface area contributed by atoms with Gasteiger partial charge < -0.3 is 10.2 Å². The molecule has 132 valence electrons. The maximum atomic E-state index is 12.2. The number of hydrogen-bond acceptors (Lipinski definition) is 3. The highest BCUT2D eigenvalue weighted by atomic mass is 79.9. The fraction of sp³-hybridized carbons (Fsp3) is 0.263. The van der Waals surface area contributed by atoms with Crippen LogP contribution in [0.15, 0.2) is 51.8 Å². The highest BCUT2D eigenvalue weighted by Crippen LogP contribution is 2.22. The molecule has 0 saturated carbocycles. The van der Waals surface area contributed by atoms with Crippen molar-refractivity contribution in [2.24, 2.45) is 0 Å². The molecule has 0 fully saturated rings. The number of nitrogens with zero attached hydrogens (tertiary/aromatic N) is 1. The highest BCUT2D eigenvalue weighted by molar-refractivity contribution is 9.10. The second kappa shape index (κ2) is 9.06. The Labute approximate surface area is 161 Å². The van der Waals surface area contributed by atoms with E-state index in [-0.39, 0.29) is 18.4 Å². The van der Waals surface area contributed by atoms with Crippen LogP contribution in [0.3, 0.4) is 0 Å². The van der Waals surface area contributed by atoms with Crippen LogP contribution < -0.4 is 5.32 Å². The first-order valence-electron chi connectivity index (χ1n) is 7.85. The van der Waals surface area contributed by atoms with Gasteiger partial charge >= 0.3 is 0 Å². The molecule has 2 rings (SSSR count). The molecule has 0 atom stereocenters. The molecule has 0 heterocycles. The van der Waals surface area contributed by atoms with E-state index < -0.39 is 0 Å². The number of aryl methyl sites for hydroxylation is 2. The summed E-state index contributed by atoms with van der Waals surface area (Å²) in [6, 6.07) is 13.6. The fourth-order valence-corrected chi connectivity index (χ4v) is 3.67. The number of likely N-dealkylation sites (N-methyl/N-ethyl adjacent to an activating group) is 1. The van der Waals surface area contributed by atoms with E-state index in [1.165, 1.54) is 16.7 Å². The van der Waals surface area contributed by atoms with Crippen LogP contribution in [0.5, 0.6) is 0 Å². The first kappa shape index (κ1) is 19.5. The Balaban J connectivity index is 1.85. The molecule has 6 heteroatoms. The third-order valence-corrected chi connectivity index (χ3v) is 5.37. The van der Waals surface area contributed by atoms with Crippen molar-refractivity contribution < 1.29 is 9.59 Å². The van der Waals surface area contributed by atoms with Crippen molar-refractivity contribution in [1.29, 1.82) is 0 Å². The summed E-state index contributed by atoms with van der Waals surface area (Å²) in [4.78, 5) is 27.0. The molecule has 2 aromatic rings. The molecule has 0 saturated heterocycles. The van der Waals surface area contributed by atoms with Crippen LogP contribution in [0.2, 0.25) is 0 Å². The Kier molecular flexibility index (Phi) is 7.08. The summed E-state index contributed by atoms with van der Waals surface area (Å²) >= 11 is 4.89. The van der Waals surface area contributed by atoms with E-state index in [0.29, 0.717) is 5.75 Å². The van der Waals surface area contributed by atoms with Gasteiger partial charge in [-0.3, -0.25) is 9.59 Å². The van der Waals surface area contributed by atoms with Crippen molar-refractivity contribution >= 4 is 45.2 Å². The quantitative estimate of drug-likeness (QED) is 0.710. The minimum atomic E-state index is -0.206. The van der Waals surface area contributed by atoms with E-state index >= 15 is 0 Å². The molecule has 0 radical (unpaired) electrons. The summed E-state index contributed by atoms with van der Waals surface area (Å²) < 4.78 is 0.962. The molecule has 2 aromatic carbocycles. The lowest BCUT2D eigenvalue weighted by molar-refractivity contribution is -0.131. The van der Waals surface area contributed by atoms with Gasteiger partial charge in [0.05, 0.1) is 12.3 Å². The molecule has 0 spiro atoms. The van der Waals surface area contributed by atoms with Crippen LogP contribution in [0.4, 0.5) is 5.69 Å². The number of nitrogens with one attached hydrogen (secondary N) is 1. The van der Waals surface area contributed by atoms with Crippen molar-refractivity contribution in [2.75, 3.05) is 24.7 Å². The van der Waals surface area contributed by atoms with E-state index in [0.717, 1.165) is 26.2 Å². The Morgan fingerprint density at radius 2 is 1.84 bits per heavy atom. The average Bonchev–Trinajstić information content (AvgIpc) is 2.56. The number of benzene rings is 2. The minimum absolute atomic E-state index is 0.0304. The van der Waals surface area contributed by atoms with E-state index in [9.17, 15) is 9.59 Å². The van der Waals surface area contributed by atoms with E-state index in [2.05, 4.69) is 21.2 Å². The fourth-order valence-electron chi connectivity index (χ4n) is 2.23. The smallest absolute Gasteiger partial charge is 0.243 e. The average molecular weight is 421 g/mol. The van der Waals surface area contributed by atoms with Crippen molar-refractivity contribution in [2.45, 2.75) is 18.7 Å². The predicted molar refractivity (Wildman–Crippen MR) is 107 cm³/mol. The molecule has 0 aliphatic heterocycles. The van der Waals surface area contributed by atoms with Crippen LogP contribution in [-0.2, 0) is 9.59 Å². The molecule has 1 N–H and O–H groups in total. The molecule has 4 nitrogen and oxygen atoms in total. The molecule has 0 aromatic heterocycles.